The molecule has 0 radical (unpaired) electrons. The quantitative estimate of drug-likeness (QED) is 0.491. The van der Waals surface area contributed by atoms with Crippen molar-refractivity contribution in [1.29, 1.82) is 0 Å². The van der Waals surface area contributed by atoms with E-state index in [-0.39, 0.29) is 24.5 Å². The highest BCUT2D eigenvalue weighted by molar-refractivity contribution is 9.10. The zero-order valence-electron chi connectivity index (χ0n) is 16.5. The summed E-state index contributed by atoms with van der Waals surface area (Å²) in [5, 5.41) is 0. The molecule has 3 heterocycles. The van der Waals surface area contributed by atoms with Crippen LogP contribution in [0.5, 0.6) is 0 Å². The van der Waals surface area contributed by atoms with Crippen LogP contribution in [0.25, 0.3) is 0 Å². The maximum absolute atomic E-state index is 13.4. The summed E-state index contributed by atoms with van der Waals surface area (Å²) in [5.41, 5.74) is 1.23. The standard InChI is InChI=1S/C24H22BrNO4/c1-15(17-7-9-18(25)10-8-17)26-14-24-12-11-19(30-24)20(21(24)22(26)27)23(28)29-13-16-5-3-2-4-6-16/h2-12,15,19-21H,13-14H2,1H3/t15-,19-,20+,21+,24-/m1/s1. The Kier molecular flexibility index (Phi) is 4.79. The molecule has 5 atom stereocenters. The lowest BCUT2D eigenvalue weighted by Gasteiger charge is -2.27. The second-order valence-corrected chi connectivity index (χ2v) is 9.10. The fourth-order valence-electron chi connectivity index (χ4n) is 4.87. The summed E-state index contributed by atoms with van der Waals surface area (Å²) in [4.78, 5) is 28.2. The lowest BCUT2D eigenvalue weighted by atomic mass is 9.77. The second-order valence-electron chi connectivity index (χ2n) is 8.19. The van der Waals surface area contributed by atoms with Crippen molar-refractivity contribution in [2.75, 3.05) is 6.54 Å². The molecule has 2 aromatic rings. The number of carbonyl (C=O) groups excluding carboxylic acids is 2. The van der Waals surface area contributed by atoms with Crippen LogP contribution >= 0.6 is 15.9 Å². The summed E-state index contributed by atoms with van der Waals surface area (Å²) < 4.78 is 12.8. The van der Waals surface area contributed by atoms with Crippen molar-refractivity contribution in [2.24, 2.45) is 11.8 Å². The molecule has 0 aromatic heterocycles. The van der Waals surface area contributed by atoms with E-state index in [0.29, 0.717) is 6.54 Å². The highest BCUT2D eigenvalue weighted by Gasteiger charge is 2.67. The molecule has 2 fully saturated rings. The average Bonchev–Trinajstić information content (AvgIpc) is 3.41. The summed E-state index contributed by atoms with van der Waals surface area (Å²) in [7, 11) is 0. The monoisotopic (exact) mass is 467 g/mol. The van der Waals surface area contributed by atoms with Crippen LogP contribution in [0.15, 0.2) is 71.2 Å². The molecule has 0 saturated carbocycles. The number of carbonyl (C=O) groups is 2. The van der Waals surface area contributed by atoms with Gasteiger partial charge in [-0.15, -0.1) is 0 Å². The smallest absolute Gasteiger partial charge is 0.313 e. The zero-order valence-corrected chi connectivity index (χ0v) is 18.1. The Hall–Kier alpha value is -2.44. The minimum Gasteiger partial charge on any atom is -0.460 e. The van der Waals surface area contributed by atoms with E-state index in [1.165, 1.54) is 0 Å². The fourth-order valence-corrected chi connectivity index (χ4v) is 5.14. The van der Waals surface area contributed by atoms with Crippen LogP contribution < -0.4 is 0 Å². The molecule has 30 heavy (non-hydrogen) atoms. The Morgan fingerprint density at radius 3 is 2.70 bits per heavy atom. The molecule has 0 unspecified atom stereocenters. The van der Waals surface area contributed by atoms with E-state index >= 15 is 0 Å². The SMILES string of the molecule is C[C@H](c1ccc(Br)cc1)N1C[C@@]23C=C[C@@H](O2)[C@H](C(=O)OCc2ccccc2)[C@H]3C1=O. The number of benzene rings is 2. The van der Waals surface area contributed by atoms with E-state index < -0.39 is 23.5 Å². The molecule has 1 spiro atoms. The Bertz CT molecular complexity index is 1010. The van der Waals surface area contributed by atoms with Crippen molar-refractivity contribution < 1.29 is 19.1 Å². The first-order valence-electron chi connectivity index (χ1n) is 10.1. The van der Waals surface area contributed by atoms with Crippen molar-refractivity contribution in [3.8, 4) is 0 Å². The van der Waals surface area contributed by atoms with Crippen LogP contribution in [0.1, 0.15) is 24.1 Å². The van der Waals surface area contributed by atoms with Gasteiger partial charge in [0.2, 0.25) is 5.91 Å². The number of amides is 1. The minimum absolute atomic E-state index is 0.0427. The van der Waals surface area contributed by atoms with Gasteiger partial charge in [0.25, 0.3) is 0 Å². The normalized spacial score (nSPS) is 29.9. The van der Waals surface area contributed by atoms with Gasteiger partial charge in [-0.2, -0.15) is 0 Å². The third-order valence-corrected chi connectivity index (χ3v) is 6.97. The maximum atomic E-state index is 13.4. The van der Waals surface area contributed by atoms with E-state index in [4.69, 9.17) is 9.47 Å². The van der Waals surface area contributed by atoms with Gasteiger partial charge in [0.05, 0.1) is 24.6 Å². The molecular formula is C24H22BrNO4. The number of halogens is 1. The molecule has 2 aromatic carbocycles. The van der Waals surface area contributed by atoms with E-state index in [9.17, 15) is 9.59 Å². The molecule has 6 heteroatoms. The van der Waals surface area contributed by atoms with Crippen LogP contribution in [-0.2, 0) is 25.7 Å². The van der Waals surface area contributed by atoms with E-state index in [1.54, 1.807) is 0 Å². The minimum atomic E-state index is -0.734. The van der Waals surface area contributed by atoms with Gasteiger partial charge in [-0.25, -0.2) is 0 Å². The fraction of sp³-hybridized carbons (Fsp3) is 0.333. The van der Waals surface area contributed by atoms with Crippen LogP contribution in [0.3, 0.4) is 0 Å². The number of ether oxygens (including phenoxy) is 2. The third kappa shape index (κ3) is 3.10. The van der Waals surface area contributed by atoms with Crippen molar-refractivity contribution in [3.63, 3.8) is 0 Å². The van der Waals surface area contributed by atoms with Gasteiger partial charge >= 0.3 is 5.97 Å². The summed E-state index contributed by atoms with van der Waals surface area (Å²) in [6.45, 7) is 2.65. The predicted molar refractivity (Wildman–Crippen MR) is 114 cm³/mol. The molecule has 0 aliphatic carbocycles. The third-order valence-electron chi connectivity index (χ3n) is 6.45. The number of nitrogens with zero attached hydrogens (tertiary/aromatic N) is 1. The van der Waals surface area contributed by atoms with Crippen LogP contribution in [0.4, 0.5) is 0 Å². The maximum Gasteiger partial charge on any atom is 0.313 e. The molecule has 3 aliphatic rings. The summed E-state index contributed by atoms with van der Waals surface area (Å²) in [6.07, 6.45) is 3.48. The molecule has 5 rings (SSSR count). The number of fused-ring (bicyclic) bond motifs is 1. The van der Waals surface area contributed by atoms with E-state index in [0.717, 1.165) is 15.6 Å². The largest absolute Gasteiger partial charge is 0.460 e. The first kappa shape index (κ1) is 19.5. The van der Waals surface area contributed by atoms with Crippen molar-refractivity contribution in [2.45, 2.75) is 31.3 Å². The first-order chi connectivity index (χ1) is 14.5. The highest BCUT2D eigenvalue weighted by atomic mass is 79.9. The van der Waals surface area contributed by atoms with Gasteiger partial charge in [-0.1, -0.05) is 70.5 Å². The number of hydrogen-bond donors (Lipinski definition) is 0. The van der Waals surface area contributed by atoms with Crippen molar-refractivity contribution in [1.82, 2.24) is 4.90 Å². The molecule has 3 aliphatic heterocycles. The summed E-state index contributed by atoms with van der Waals surface area (Å²) >= 11 is 3.45. The molecular weight excluding hydrogens is 446 g/mol. The average molecular weight is 468 g/mol. The van der Waals surface area contributed by atoms with Gasteiger partial charge in [0.15, 0.2) is 0 Å². The molecule has 1 amide bonds. The Labute approximate surface area is 183 Å². The molecule has 2 bridgehead atoms. The van der Waals surface area contributed by atoms with Crippen LogP contribution in [0, 0.1) is 11.8 Å². The summed E-state index contributed by atoms with van der Waals surface area (Å²) in [5.74, 6) is -1.55. The zero-order chi connectivity index (χ0) is 20.9. The van der Waals surface area contributed by atoms with Crippen molar-refractivity contribution in [3.05, 3.63) is 82.3 Å². The van der Waals surface area contributed by atoms with Gasteiger partial charge in [0, 0.05) is 4.47 Å². The number of likely N-dealkylation sites (tertiary alicyclic amines) is 1. The Morgan fingerprint density at radius 1 is 1.23 bits per heavy atom. The Balaban J connectivity index is 1.35. The van der Waals surface area contributed by atoms with E-state index in [1.807, 2.05) is 78.6 Å². The number of esters is 1. The Morgan fingerprint density at radius 2 is 1.97 bits per heavy atom. The molecule has 154 valence electrons. The molecule has 0 N–H and O–H groups in total. The van der Waals surface area contributed by atoms with Gasteiger partial charge < -0.3 is 14.4 Å². The molecule has 5 nitrogen and oxygen atoms in total. The number of rotatable bonds is 5. The first-order valence-corrected chi connectivity index (χ1v) is 10.9. The van der Waals surface area contributed by atoms with Crippen LogP contribution in [-0.4, -0.2) is 35.0 Å². The van der Waals surface area contributed by atoms with Gasteiger partial charge in [-0.05, 0) is 30.2 Å². The number of hydrogen-bond acceptors (Lipinski definition) is 4. The van der Waals surface area contributed by atoms with E-state index in [2.05, 4.69) is 15.9 Å². The van der Waals surface area contributed by atoms with Crippen LogP contribution in [0.2, 0.25) is 0 Å². The molecule has 2 saturated heterocycles. The topological polar surface area (TPSA) is 55.8 Å². The second kappa shape index (κ2) is 7.36. The van der Waals surface area contributed by atoms with Gasteiger partial charge in [-0.3, -0.25) is 9.59 Å². The lowest BCUT2D eigenvalue weighted by Crippen LogP contribution is -2.40. The van der Waals surface area contributed by atoms with Gasteiger partial charge in [0.1, 0.15) is 18.1 Å². The predicted octanol–water partition coefficient (Wildman–Crippen LogP) is 4.04. The lowest BCUT2D eigenvalue weighted by molar-refractivity contribution is -0.155. The summed E-state index contributed by atoms with van der Waals surface area (Å²) in [6, 6.07) is 17.4. The highest BCUT2D eigenvalue weighted by Crippen LogP contribution is 2.53. The van der Waals surface area contributed by atoms with Crippen molar-refractivity contribution >= 4 is 27.8 Å².